The Bertz CT molecular complexity index is 1610. The molecule has 12 nitrogen and oxygen atoms in total. The van der Waals surface area contributed by atoms with Crippen LogP contribution in [0.15, 0.2) is 53.1 Å². The number of aryl methyl sites for hydroxylation is 1. The number of nitrogens with zero attached hydrogens (tertiary/aromatic N) is 2. The zero-order valence-corrected chi connectivity index (χ0v) is 21.8. The summed E-state index contributed by atoms with van der Waals surface area (Å²) >= 11 is 0. The molecule has 212 valence electrons. The fourth-order valence-corrected chi connectivity index (χ4v) is 4.23. The molecule has 0 saturated heterocycles. The van der Waals surface area contributed by atoms with E-state index in [-0.39, 0.29) is 46.5 Å². The maximum absolute atomic E-state index is 13.5. The van der Waals surface area contributed by atoms with Crippen LogP contribution in [0.4, 0.5) is 30.5 Å². The maximum Gasteiger partial charge on any atom is 0.355 e. The van der Waals surface area contributed by atoms with Crippen molar-refractivity contribution in [3.05, 3.63) is 71.2 Å². The number of benzene rings is 2. The monoisotopic (exact) mass is 580 g/mol. The Morgan fingerprint density at radius 3 is 2.50 bits per heavy atom. The molecule has 2 aromatic heterocycles. The minimum absolute atomic E-state index is 0.0179. The number of hydrogen-bond acceptors (Lipinski definition) is 9. The average Bonchev–Trinajstić information content (AvgIpc) is 3.51. The van der Waals surface area contributed by atoms with E-state index in [4.69, 9.17) is 19.7 Å². The zero-order chi connectivity index (χ0) is 29.0. The van der Waals surface area contributed by atoms with E-state index in [2.05, 4.69) is 20.7 Å². The average molecular weight is 581 g/mol. The van der Waals surface area contributed by atoms with Crippen LogP contribution >= 0.6 is 0 Å². The molecule has 0 aliphatic heterocycles. The highest BCUT2D eigenvalue weighted by Crippen LogP contribution is 2.37. The van der Waals surface area contributed by atoms with Crippen molar-refractivity contribution in [2.75, 3.05) is 23.8 Å². The molecule has 1 atom stereocenters. The second kappa shape index (κ2) is 11.7. The van der Waals surface area contributed by atoms with Gasteiger partial charge in [0.15, 0.2) is 11.6 Å². The van der Waals surface area contributed by atoms with Crippen LogP contribution in [0.5, 0.6) is 5.75 Å². The summed E-state index contributed by atoms with van der Waals surface area (Å²) in [4.78, 5) is 12.4. The van der Waals surface area contributed by atoms with Crippen LogP contribution in [0.2, 0.25) is 0 Å². The summed E-state index contributed by atoms with van der Waals surface area (Å²) in [5.41, 5.74) is 5.99. The fourth-order valence-electron chi connectivity index (χ4n) is 3.67. The highest BCUT2D eigenvalue weighted by molar-refractivity contribution is 7.93. The first-order valence-corrected chi connectivity index (χ1v) is 13.0. The first-order valence-electron chi connectivity index (χ1n) is 11.4. The topological polar surface area (TPSA) is 174 Å². The number of amides is 1. The quantitative estimate of drug-likeness (QED) is 0.192. The summed E-state index contributed by atoms with van der Waals surface area (Å²) in [6, 6.07) is 10.6. The van der Waals surface area contributed by atoms with Gasteiger partial charge in [-0.05, 0) is 36.8 Å². The Balaban J connectivity index is 1.79. The molecule has 0 radical (unpaired) electrons. The SMILES string of the molecule is COC[C@H](Oc1cc(-c2[nH]nc(Nc3cc(C)on3)c2C(N)=O)ccc1NS(=O)(=O)C(F)F)c1ccc(F)cc1. The van der Waals surface area contributed by atoms with Gasteiger partial charge in [-0.2, -0.15) is 13.9 Å². The molecule has 0 aliphatic rings. The molecule has 0 spiro atoms. The predicted octanol–water partition coefficient (Wildman–Crippen LogP) is 4.09. The molecule has 0 bridgehead atoms. The van der Waals surface area contributed by atoms with E-state index in [1.807, 2.05) is 0 Å². The van der Waals surface area contributed by atoms with Gasteiger partial charge < -0.3 is 25.0 Å². The van der Waals surface area contributed by atoms with E-state index in [1.54, 1.807) is 17.7 Å². The predicted molar refractivity (Wildman–Crippen MR) is 137 cm³/mol. The number of H-pyrrole nitrogens is 1. The van der Waals surface area contributed by atoms with Crippen molar-refractivity contribution in [1.82, 2.24) is 15.4 Å². The standard InChI is InChI=1S/C24H23F3N6O6S/c1-12-9-19(32-39-12)29-23-20(22(28)34)21(30-31-23)14-5-8-16(33-40(35,36)24(26)27)17(10-14)38-18(11-37-2)13-3-6-15(25)7-4-13/h3-10,18,24,33H,11H2,1-2H3,(H2,28,34)(H2,29,30,31,32)/t18-/m0/s1. The van der Waals surface area contributed by atoms with Gasteiger partial charge in [0.25, 0.3) is 15.9 Å². The molecular formula is C24H23F3N6O6S. The summed E-state index contributed by atoms with van der Waals surface area (Å²) in [6.45, 7) is 1.59. The third-order valence-corrected chi connectivity index (χ3v) is 6.45. The molecule has 16 heteroatoms. The lowest BCUT2D eigenvalue weighted by atomic mass is 10.1. The molecule has 0 fully saturated rings. The molecule has 0 unspecified atom stereocenters. The largest absolute Gasteiger partial charge is 0.481 e. The van der Waals surface area contributed by atoms with Gasteiger partial charge in [0, 0.05) is 18.7 Å². The minimum Gasteiger partial charge on any atom is -0.481 e. The van der Waals surface area contributed by atoms with E-state index in [0.29, 0.717) is 11.3 Å². The molecule has 4 rings (SSSR count). The number of primary amides is 1. The van der Waals surface area contributed by atoms with E-state index < -0.39 is 33.6 Å². The summed E-state index contributed by atoms with van der Waals surface area (Å²) in [5.74, 6) is -4.55. The van der Waals surface area contributed by atoms with Crippen molar-refractivity contribution in [1.29, 1.82) is 0 Å². The first-order chi connectivity index (χ1) is 19.0. The van der Waals surface area contributed by atoms with Crippen LogP contribution in [-0.4, -0.2) is 49.2 Å². The van der Waals surface area contributed by atoms with Crippen LogP contribution in [-0.2, 0) is 14.8 Å². The Labute approximate surface area is 225 Å². The van der Waals surface area contributed by atoms with Gasteiger partial charge in [0.1, 0.15) is 29.0 Å². The lowest BCUT2D eigenvalue weighted by Crippen LogP contribution is -2.22. The number of anilines is 3. The Kier molecular flexibility index (Phi) is 8.29. The van der Waals surface area contributed by atoms with Gasteiger partial charge in [0.2, 0.25) is 0 Å². The zero-order valence-electron chi connectivity index (χ0n) is 20.9. The van der Waals surface area contributed by atoms with Crippen LogP contribution < -0.4 is 20.5 Å². The number of nitrogens with two attached hydrogens (primary N) is 1. The van der Waals surface area contributed by atoms with Gasteiger partial charge in [-0.15, -0.1) is 0 Å². The third-order valence-electron chi connectivity index (χ3n) is 5.47. The molecular weight excluding hydrogens is 557 g/mol. The van der Waals surface area contributed by atoms with Gasteiger partial charge in [-0.25, -0.2) is 12.8 Å². The molecule has 40 heavy (non-hydrogen) atoms. The molecule has 0 saturated carbocycles. The highest BCUT2D eigenvalue weighted by Gasteiger charge is 2.27. The van der Waals surface area contributed by atoms with Crippen molar-refractivity contribution in [3.8, 4) is 17.0 Å². The number of alkyl halides is 2. The first kappa shape index (κ1) is 28.4. The molecule has 2 aromatic carbocycles. The number of aromatic nitrogens is 3. The molecule has 1 amide bonds. The Morgan fingerprint density at radius 1 is 1.18 bits per heavy atom. The Hall–Kier alpha value is -4.57. The number of nitrogens with one attached hydrogen (secondary N) is 3. The summed E-state index contributed by atoms with van der Waals surface area (Å²) in [7, 11) is -3.70. The summed E-state index contributed by atoms with van der Waals surface area (Å²) in [6.07, 6.45) is -0.916. The number of rotatable bonds is 12. The number of methoxy groups -OCH3 is 1. The third kappa shape index (κ3) is 6.35. The number of ether oxygens (including phenoxy) is 2. The number of carbonyl (C=O) groups excluding carboxylic acids is 1. The van der Waals surface area contributed by atoms with Gasteiger partial charge in [-0.1, -0.05) is 23.4 Å². The van der Waals surface area contributed by atoms with Crippen molar-refractivity contribution >= 4 is 33.3 Å². The fraction of sp³-hybridized carbons (Fsp3) is 0.208. The summed E-state index contributed by atoms with van der Waals surface area (Å²) < 4.78 is 81.7. The molecule has 0 aliphatic carbocycles. The number of aromatic amines is 1. The maximum atomic E-state index is 13.5. The van der Waals surface area contributed by atoms with Crippen LogP contribution in [0, 0.1) is 12.7 Å². The van der Waals surface area contributed by atoms with Gasteiger partial charge in [0.05, 0.1) is 18.0 Å². The van der Waals surface area contributed by atoms with Gasteiger partial charge in [-0.3, -0.25) is 14.6 Å². The second-order valence-electron chi connectivity index (χ2n) is 8.37. The smallest absolute Gasteiger partial charge is 0.355 e. The van der Waals surface area contributed by atoms with Crippen LogP contribution in [0.25, 0.3) is 11.3 Å². The molecule has 2 heterocycles. The van der Waals surface area contributed by atoms with E-state index >= 15 is 0 Å². The lowest BCUT2D eigenvalue weighted by molar-refractivity contribution is 0.0815. The number of hydrogen-bond donors (Lipinski definition) is 4. The number of carbonyl (C=O) groups is 1. The lowest BCUT2D eigenvalue weighted by Gasteiger charge is -2.22. The van der Waals surface area contributed by atoms with E-state index in [9.17, 15) is 26.4 Å². The summed E-state index contributed by atoms with van der Waals surface area (Å²) in [5, 5.41) is 13.3. The van der Waals surface area contributed by atoms with Crippen molar-refractivity contribution in [2.45, 2.75) is 18.8 Å². The van der Waals surface area contributed by atoms with Gasteiger partial charge >= 0.3 is 5.76 Å². The number of sulfonamides is 1. The minimum atomic E-state index is -5.08. The highest BCUT2D eigenvalue weighted by atomic mass is 32.2. The molecule has 4 aromatic rings. The van der Waals surface area contributed by atoms with Crippen LogP contribution in [0.1, 0.15) is 27.8 Å². The second-order valence-corrected chi connectivity index (χ2v) is 10.0. The van der Waals surface area contributed by atoms with Crippen molar-refractivity contribution in [2.24, 2.45) is 5.73 Å². The van der Waals surface area contributed by atoms with Crippen molar-refractivity contribution in [3.63, 3.8) is 0 Å². The normalized spacial score (nSPS) is 12.3. The Morgan fingerprint density at radius 2 is 1.90 bits per heavy atom. The van der Waals surface area contributed by atoms with Crippen molar-refractivity contribution < 1.29 is 40.4 Å². The molecule has 5 N–H and O–H groups in total. The van der Waals surface area contributed by atoms with Crippen LogP contribution in [0.3, 0.4) is 0 Å². The number of halogens is 3. The van der Waals surface area contributed by atoms with E-state index in [0.717, 1.165) is 0 Å². The van der Waals surface area contributed by atoms with E-state index in [1.165, 1.54) is 49.6 Å².